The molecule has 6 heteroatoms. The third kappa shape index (κ3) is 7.26. The van der Waals surface area contributed by atoms with Gasteiger partial charge in [0.05, 0.1) is 13.7 Å². The van der Waals surface area contributed by atoms with Crippen LogP contribution in [0, 0.1) is 0 Å². The summed E-state index contributed by atoms with van der Waals surface area (Å²) >= 11 is 0. The molecule has 2 aromatic carbocycles. The van der Waals surface area contributed by atoms with Crippen LogP contribution >= 0.6 is 0 Å². The normalized spacial score (nSPS) is 15.6. The quantitative estimate of drug-likeness (QED) is 0.377. The van der Waals surface area contributed by atoms with Crippen molar-refractivity contribution in [2.75, 3.05) is 39.9 Å². The third-order valence-corrected chi connectivity index (χ3v) is 5.19. The first-order valence-corrected chi connectivity index (χ1v) is 10.8. The van der Waals surface area contributed by atoms with E-state index >= 15 is 0 Å². The number of aliphatic imine (C=N–C) groups is 1. The highest BCUT2D eigenvalue weighted by Crippen LogP contribution is 2.18. The van der Waals surface area contributed by atoms with E-state index in [4.69, 9.17) is 9.47 Å². The molecule has 0 aromatic heterocycles. The van der Waals surface area contributed by atoms with Crippen molar-refractivity contribution in [3.05, 3.63) is 60.2 Å². The molecule has 162 valence electrons. The Balaban J connectivity index is 1.41. The Morgan fingerprint density at radius 1 is 1.07 bits per heavy atom. The highest BCUT2D eigenvalue weighted by atomic mass is 16.5. The predicted molar refractivity (Wildman–Crippen MR) is 122 cm³/mol. The van der Waals surface area contributed by atoms with Crippen molar-refractivity contribution in [2.45, 2.75) is 32.4 Å². The van der Waals surface area contributed by atoms with Crippen molar-refractivity contribution < 1.29 is 9.47 Å². The van der Waals surface area contributed by atoms with E-state index in [2.05, 4.69) is 57.8 Å². The molecule has 2 N–H and O–H groups in total. The van der Waals surface area contributed by atoms with Crippen LogP contribution in [0.25, 0.3) is 0 Å². The van der Waals surface area contributed by atoms with Crippen LogP contribution in [-0.4, -0.2) is 56.8 Å². The summed E-state index contributed by atoms with van der Waals surface area (Å²) in [4.78, 5) is 7.20. The van der Waals surface area contributed by atoms with E-state index in [0.29, 0.717) is 19.2 Å². The largest absolute Gasteiger partial charge is 0.497 e. The van der Waals surface area contributed by atoms with E-state index in [1.807, 2.05) is 24.3 Å². The smallest absolute Gasteiger partial charge is 0.191 e. The molecule has 0 spiro atoms. The van der Waals surface area contributed by atoms with Gasteiger partial charge in [-0.2, -0.15) is 0 Å². The van der Waals surface area contributed by atoms with Crippen LogP contribution < -0.4 is 20.1 Å². The topological polar surface area (TPSA) is 58.1 Å². The molecule has 1 fully saturated rings. The van der Waals surface area contributed by atoms with E-state index in [0.717, 1.165) is 56.5 Å². The minimum Gasteiger partial charge on any atom is -0.497 e. The summed E-state index contributed by atoms with van der Waals surface area (Å²) in [6.07, 6.45) is 2.25. The second-order valence-corrected chi connectivity index (χ2v) is 7.47. The Morgan fingerprint density at radius 3 is 2.57 bits per heavy atom. The third-order valence-electron chi connectivity index (χ3n) is 5.19. The molecule has 0 bridgehead atoms. The van der Waals surface area contributed by atoms with E-state index in [1.54, 1.807) is 7.11 Å². The molecule has 0 saturated carbocycles. The Bertz CT molecular complexity index is 774. The van der Waals surface area contributed by atoms with Gasteiger partial charge in [0.15, 0.2) is 5.96 Å². The molecule has 1 saturated heterocycles. The summed E-state index contributed by atoms with van der Waals surface area (Å²) in [6, 6.07) is 18.8. The van der Waals surface area contributed by atoms with Gasteiger partial charge in [-0.25, -0.2) is 4.99 Å². The number of hydrogen-bond donors (Lipinski definition) is 2. The summed E-state index contributed by atoms with van der Waals surface area (Å²) < 4.78 is 11.0. The zero-order valence-corrected chi connectivity index (χ0v) is 18.1. The van der Waals surface area contributed by atoms with Gasteiger partial charge in [0, 0.05) is 38.3 Å². The van der Waals surface area contributed by atoms with Crippen LogP contribution in [0.3, 0.4) is 0 Å². The number of methoxy groups -OCH3 is 1. The van der Waals surface area contributed by atoms with Crippen LogP contribution in [0.1, 0.15) is 25.3 Å². The first-order valence-electron chi connectivity index (χ1n) is 10.8. The number of nitrogens with zero attached hydrogens (tertiary/aromatic N) is 2. The van der Waals surface area contributed by atoms with Gasteiger partial charge < -0.3 is 20.1 Å². The van der Waals surface area contributed by atoms with E-state index in [9.17, 15) is 0 Å². The first-order chi connectivity index (χ1) is 14.8. The van der Waals surface area contributed by atoms with Crippen LogP contribution in [0.5, 0.6) is 11.5 Å². The minimum atomic E-state index is 0.453. The monoisotopic (exact) mass is 410 g/mol. The molecule has 0 atom stereocenters. The molecule has 1 heterocycles. The number of hydrogen-bond acceptors (Lipinski definition) is 4. The predicted octanol–water partition coefficient (Wildman–Crippen LogP) is 3.29. The molecule has 0 radical (unpaired) electrons. The number of benzene rings is 2. The van der Waals surface area contributed by atoms with Crippen molar-refractivity contribution in [1.82, 2.24) is 15.5 Å². The maximum Gasteiger partial charge on any atom is 0.191 e. The zero-order chi connectivity index (χ0) is 21.0. The Labute approximate surface area is 180 Å². The molecular weight excluding hydrogens is 376 g/mol. The highest BCUT2D eigenvalue weighted by molar-refractivity contribution is 5.80. The number of piperidine rings is 1. The van der Waals surface area contributed by atoms with Gasteiger partial charge in [-0.3, -0.25) is 4.90 Å². The van der Waals surface area contributed by atoms with Crippen LogP contribution in [0.4, 0.5) is 0 Å². The molecule has 1 aliphatic heterocycles. The lowest BCUT2D eigenvalue weighted by atomic mass is 10.0. The van der Waals surface area contributed by atoms with Crippen molar-refractivity contribution in [1.29, 1.82) is 0 Å². The van der Waals surface area contributed by atoms with Crippen molar-refractivity contribution >= 4 is 5.96 Å². The van der Waals surface area contributed by atoms with Crippen LogP contribution in [0.15, 0.2) is 59.6 Å². The summed E-state index contributed by atoms with van der Waals surface area (Å²) in [5.41, 5.74) is 1.38. The second kappa shape index (κ2) is 12.1. The van der Waals surface area contributed by atoms with E-state index in [-0.39, 0.29) is 0 Å². The highest BCUT2D eigenvalue weighted by Gasteiger charge is 2.20. The maximum atomic E-state index is 5.79. The molecular formula is C24H34N4O2. The fourth-order valence-electron chi connectivity index (χ4n) is 3.60. The van der Waals surface area contributed by atoms with Gasteiger partial charge in [0.2, 0.25) is 0 Å². The van der Waals surface area contributed by atoms with Gasteiger partial charge in [-0.05, 0) is 37.5 Å². The minimum absolute atomic E-state index is 0.453. The lowest BCUT2D eigenvalue weighted by Gasteiger charge is -2.33. The number of rotatable bonds is 9. The van der Waals surface area contributed by atoms with Crippen LogP contribution in [-0.2, 0) is 6.54 Å². The standard InChI is InChI=1S/C24H34N4O2/c1-3-25-24(26-14-17-30-23-11-7-10-22(18-23)29-2)27-21-12-15-28(16-13-21)19-20-8-5-4-6-9-20/h4-11,18,21H,3,12-17,19H2,1-2H3,(H2,25,26,27). The Morgan fingerprint density at radius 2 is 1.83 bits per heavy atom. The molecule has 30 heavy (non-hydrogen) atoms. The van der Waals surface area contributed by atoms with Crippen LogP contribution in [0.2, 0.25) is 0 Å². The van der Waals surface area contributed by atoms with Gasteiger partial charge in [-0.1, -0.05) is 36.4 Å². The van der Waals surface area contributed by atoms with Crippen molar-refractivity contribution in [3.63, 3.8) is 0 Å². The van der Waals surface area contributed by atoms with Crippen molar-refractivity contribution in [3.8, 4) is 11.5 Å². The maximum absolute atomic E-state index is 5.79. The van der Waals surface area contributed by atoms with Gasteiger partial charge in [0.25, 0.3) is 0 Å². The summed E-state index contributed by atoms with van der Waals surface area (Å²) in [7, 11) is 1.66. The average molecular weight is 411 g/mol. The molecule has 0 aliphatic carbocycles. The summed E-state index contributed by atoms with van der Waals surface area (Å²) in [5, 5.41) is 6.94. The average Bonchev–Trinajstić information content (AvgIpc) is 2.79. The number of likely N-dealkylation sites (tertiary alicyclic amines) is 1. The molecule has 0 amide bonds. The summed E-state index contributed by atoms with van der Waals surface area (Å²) in [5.74, 6) is 2.46. The number of nitrogens with one attached hydrogen (secondary N) is 2. The molecule has 1 aliphatic rings. The fourth-order valence-corrected chi connectivity index (χ4v) is 3.60. The Hall–Kier alpha value is -2.73. The molecule has 6 nitrogen and oxygen atoms in total. The lowest BCUT2D eigenvalue weighted by Crippen LogP contribution is -2.48. The van der Waals surface area contributed by atoms with E-state index in [1.165, 1.54) is 5.56 Å². The first kappa shape index (κ1) is 22.0. The summed E-state index contributed by atoms with van der Waals surface area (Å²) in [6.45, 7) is 7.29. The van der Waals surface area contributed by atoms with Gasteiger partial charge in [-0.15, -0.1) is 0 Å². The lowest BCUT2D eigenvalue weighted by molar-refractivity contribution is 0.198. The van der Waals surface area contributed by atoms with Crippen molar-refractivity contribution in [2.24, 2.45) is 4.99 Å². The Kier molecular flexibility index (Phi) is 8.84. The SMILES string of the molecule is CCNC(=NCCOc1cccc(OC)c1)NC1CCN(Cc2ccccc2)CC1. The number of guanidine groups is 1. The molecule has 0 unspecified atom stereocenters. The second-order valence-electron chi connectivity index (χ2n) is 7.47. The number of ether oxygens (including phenoxy) is 2. The van der Waals surface area contributed by atoms with Gasteiger partial charge in [0.1, 0.15) is 18.1 Å². The van der Waals surface area contributed by atoms with Gasteiger partial charge >= 0.3 is 0 Å². The zero-order valence-electron chi connectivity index (χ0n) is 18.1. The molecule has 2 aromatic rings. The fraction of sp³-hybridized carbons (Fsp3) is 0.458. The van der Waals surface area contributed by atoms with E-state index < -0.39 is 0 Å². The molecule has 3 rings (SSSR count).